The quantitative estimate of drug-likeness (QED) is 0.609. The fourth-order valence-electron chi connectivity index (χ4n) is 1.95. The molecule has 0 saturated carbocycles. The topological polar surface area (TPSA) is 126 Å². The number of primary amides is 1. The first-order chi connectivity index (χ1) is 11.5. The average molecular weight is 351 g/mol. The van der Waals surface area contributed by atoms with Gasteiger partial charge in [0.1, 0.15) is 0 Å². The molecule has 0 saturated heterocycles. The normalized spacial score (nSPS) is 11.4. The van der Waals surface area contributed by atoms with Gasteiger partial charge in [-0.1, -0.05) is 23.7 Å². The van der Waals surface area contributed by atoms with Crippen LogP contribution in [0, 0.1) is 0 Å². The van der Waals surface area contributed by atoms with E-state index in [0.717, 1.165) is 0 Å². The van der Waals surface area contributed by atoms with Gasteiger partial charge >= 0.3 is 11.9 Å². The van der Waals surface area contributed by atoms with Gasteiger partial charge in [-0.25, -0.2) is 4.79 Å². The Labute approximate surface area is 142 Å². The molecule has 0 fully saturated rings. The highest BCUT2D eigenvalue weighted by Gasteiger charge is 2.18. The highest BCUT2D eigenvalue weighted by atomic mass is 35.5. The number of furan rings is 1. The molecule has 0 aliphatic heterocycles. The maximum atomic E-state index is 12.0. The minimum Gasteiger partial charge on any atom is -0.459 e. The van der Waals surface area contributed by atoms with Gasteiger partial charge in [-0.15, -0.1) is 0 Å². The Morgan fingerprint density at radius 3 is 2.42 bits per heavy atom. The van der Waals surface area contributed by atoms with Gasteiger partial charge in [0.05, 0.1) is 18.7 Å². The summed E-state index contributed by atoms with van der Waals surface area (Å²) in [4.78, 5) is 34.8. The third-order valence-corrected chi connectivity index (χ3v) is 3.29. The Morgan fingerprint density at radius 2 is 1.83 bits per heavy atom. The van der Waals surface area contributed by atoms with Crippen LogP contribution >= 0.6 is 11.6 Å². The van der Waals surface area contributed by atoms with E-state index in [1.807, 2.05) is 0 Å². The van der Waals surface area contributed by atoms with Crippen molar-refractivity contribution in [1.82, 2.24) is 16.2 Å². The Balaban J connectivity index is 1.95. The number of amides is 4. The molecule has 126 valence electrons. The molecule has 1 heterocycles. The molecule has 0 aliphatic rings. The first-order valence-corrected chi connectivity index (χ1v) is 7.27. The number of nitrogens with two attached hydrogens (primary N) is 1. The molecule has 1 aromatic heterocycles. The van der Waals surface area contributed by atoms with Crippen molar-refractivity contribution in [2.75, 3.05) is 0 Å². The third kappa shape index (κ3) is 5.03. The van der Waals surface area contributed by atoms with Crippen LogP contribution < -0.4 is 21.9 Å². The van der Waals surface area contributed by atoms with Crippen molar-refractivity contribution in [3.8, 4) is 0 Å². The zero-order chi connectivity index (χ0) is 17.5. The van der Waals surface area contributed by atoms with Crippen molar-refractivity contribution >= 4 is 29.4 Å². The summed E-state index contributed by atoms with van der Waals surface area (Å²) in [6.07, 6.45) is 1.20. The second-order valence-electron chi connectivity index (χ2n) is 4.80. The Morgan fingerprint density at radius 1 is 1.12 bits per heavy atom. The number of rotatable bonds is 5. The van der Waals surface area contributed by atoms with Crippen LogP contribution in [0.3, 0.4) is 0 Å². The van der Waals surface area contributed by atoms with E-state index < -0.39 is 23.9 Å². The Kier molecular flexibility index (Phi) is 5.80. The zero-order valence-electron chi connectivity index (χ0n) is 12.4. The van der Waals surface area contributed by atoms with Crippen molar-refractivity contribution in [2.24, 2.45) is 5.73 Å². The predicted octanol–water partition coefficient (Wildman–Crippen LogP) is 1.49. The average Bonchev–Trinajstić information content (AvgIpc) is 3.07. The molecule has 4 amide bonds. The summed E-state index contributed by atoms with van der Waals surface area (Å²) in [5.74, 6) is -1.07. The summed E-state index contributed by atoms with van der Waals surface area (Å²) < 4.78 is 4.89. The highest BCUT2D eigenvalue weighted by molar-refractivity contribution is 6.30. The molecular formula is C15H15ClN4O4. The molecule has 0 spiro atoms. The van der Waals surface area contributed by atoms with Gasteiger partial charge in [0.25, 0.3) is 0 Å². The van der Waals surface area contributed by atoms with Crippen molar-refractivity contribution in [3.63, 3.8) is 0 Å². The minimum atomic E-state index is -0.776. The maximum Gasteiger partial charge on any atom is 0.312 e. The number of hydrogen-bond acceptors (Lipinski definition) is 4. The molecule has 24 heavy (non-hydrogen) atoms. The number of carbonyl (C=O) groups excluding carboxylic acids is 3. The highest BCUT2D eigenvalue weighted by Crippen LogP contribution is 2.19. The lowest BCUT2D eigenvalue weighted by molar-refractivity contribution is -0.122. The lowest BCUT2D eigenvalue weighted by atomic mass is 10.0. The van der Waals surface area contributed by atoms with Crippen molar-refractivity contribution in [3.05, 3.63) is 59.0 Å². The minimum absolute atomic E-state index is 0.0554. The van der Waals surface area contributed by atoms with Gasteiger partial charge in [-0.3, -0.25) is 20.4 Å². The summed E-state index contributed by atoms with van der Waals surface area (Å²) in [6, 6.07) is 8.14. The Bertz CT molecular complexity index is 716. The van der Waals surface area contributed by atoms with Gasteiger partial charge in [0, 0.05) is 5.02 Å². The number of carbonyl (C=O) groups is 3. The van der Waals surface area contributed by atoms with Gasteiger partial charge in [-0.05, 0) is 29.8 Å². The van der Waals surface area contributed by atoms with Crippen molar-refractivity contribution in [1.29, 1.82) is 0 Å². The zero-order valence-corrected chi connectivity index (χ0v) is 13.2. The fraction of sp³-hybridized carbons (Fsp3) is 0.133. The predicted molar refractivity (Wildman–Crippen MR) is 85.8 cm³/mol. The van der Waals surface area contributed by atoms with Crippen molar-refractivity contribution in [2.45, 2.75) is 12.5 Å². The molecule has 0 bridgehead atoms. The van der Waals surface area contributed by atoms with E-state index in [2.05, 4.69) is 16.2 Å². The van der Waals surface area contributed by atoms with Crippen LogP contribution in [0.2, 0.25) is 5.02 Å². The molecule has 1 unspecified atom stereocenters. The van der Waals surface area contributed by atoms with Crippen LogP contribution in [0.15, 0.2) is 47.1 Å². The lowest BCUT2D eigenvalue weighted by Gasteiger charge is -2.18. The number of benzene rings is 1. The summed E-state index contributed by atoms with van der Waals surface area (Å²) >= 11 is 5.81. The summed E-state index contributed by atoms with van der Waals surface area (Å²) in [5, 5.41) is 2.99. The van der Waals surface area contributed by atoms with E-state index in [9.17, 15) is 14.4 Å². The fourth-order valence-corrected chi connectivity index (χ4v) is 2.08. The number of nitrogens with one attached hydrogen (secondary N) is 3. The van der Waals surface area contributed by atoms with Gasteiger partial charge in [-0.2, -0.15) is 0 Å². The molecule has 5 N–H and O–H groups in total. The molecule has 2 rings (SSSR count). The van der Waals surface area contributed by atoms with Crippen LogP contribution in [0.5, 0.6) is 0 Å². The number of urea groups is 1. The number of halogens is 1. The summed E-state index contributed by atoms with van der Waals surface area (Å²) in [5.41, 5.74) is 10.2. The van der Waals surface area contributed by atoms with Crippen LogP contribution in [0.25, 0.3) is 0 Å². The molecular weight excluding hydrogens is 336 g/mol. The van der Waals surface area contributed by atoms with E-state index in [-0.39, 0.29) is 12.2 Å². The monoisotopic (exact) mass is 350 g/mol. The van der Waals surface area contributed by atoms with E-state index in [1.54, 1.807) is 30.3 Å². The summed E-state index contributed by atoms with van der Waals surface area (Å²) in [6.45, 7) is 0. The smallest absolute Gasteiger partial charge is 0.312 e. The molecule has 0 radical (unpaired) electrons. The van der Waals surface area contributed by atoms with Gasteiger partial charge in [0.15, 0.2) is 5.76 Å². The van der Waals surface area contributed by atoms with Crippen LogP contribution in [0.4, 0.5) is 4.79 Å². The second-order valence-corrected chi connectivity index (χ2v) is 5.23. The van der Waals surface area contributed by atoms with Crippen LogP contribution in [-0.2, 0) is 4.79 Å². The first-order valence-electron chi connectivity index (χ1n) is 6.90. The number of hydrogen-bond donors (Lipinski definition) is 4. The molecule has 2 aromatic rings. The SMILES string of the molecule is NC(=O)NC(CC(=O)NNC(=O)c1ccco1)c1ccc(Cl)cc1. The van der Waals surface area contributed by atoms with Crippen molar-refractivity contribution < 1.29 is 18.8 Å². The molecule has 0 aliphatic carbocycles. The first kappa shape index (κ1) is 17.4. The van der Waals surface area contributed by atoms with E-state index in [0.29, 0.717) is 10.6 Å². The second kappa shape index (κ2) is 8.02. The standard InChI is InChI=1S/C15H15ClN4O4/c16-10-5-3-9(4-6-10)11(18-15(17)23)8-13(21)19-20-14(22)12-2-1-7-24-12/h1-7,11H,8H2,(H,19,21)(H,20,22)(H3,17,18,23). The molecule has 9 heteroatoms. The largest absolute Gasteiger partial charge is 0.459 e. The summed E-state index contributed by atoms with van der Waals surface area (Å²) in [7, 11) is 0. The van der Waals surface area contributed by atoms with Crippen LogP contribution in [0.1, 0.15) is 28.6 Å². The van der Waals surface area contributed by atoms with E-state index in [4.69, 9.17) is 21.8 Å². The molecule has 1 atom stereocenters. The third-order valence-electron chi connectivity index (χ3n) is 3.04. The lowest BCUT2D eigenvalue weighted by Crippen LogP contribution is -2.43. The maximum absolute atomic E-state index is 12.0. The van der Waals surface area contributed by atoms with E-state index in [1.165, 1.54) is 12.3 Å². The Hall–Kier alpha value is -3.00. The number of hydrazine groups is 1. The van der Waals surface area contributed by atoms with Gasteiger partial charge < -0.3 is 15.5 Å². The molecule has 1 aromatic carbocycles. The van der Waals surface area contributed by atoms with Crippen LogP contribution in [-0.4, -0.2) is 17.8 Å². The van der Waals surface area contributed by atoms with Gasteiger partial charge in [0.2, 0.25) is 5.91 Å². The van der Waals surface area contributed by atoms with E-state index >= 15 is 0 Å². The molecule has 8 nitrogen and oxygen atoms in total.